The second kappa shape index (κ2) is 9.80. The Morgan fingerprint density at radius 2 is 2.15 bits per heavy atom. The van der Waals surface area contributed by atoms with Gasteiger partial charge in [-0.25, -0.2) is 9.78 Å². The summed E-state index contributed by atoms with van der Waals surface area (Å²) in [6, 6.07) is 4.74. The molecule has 2 atom stereocenters. The number of benzene rings is 1. The lowest BCUT2D eigenvalue weighted by Gasteiger charge is -2.46. The summed E-state index contributed by atoms with van der Waals surface area (Å²) in [6.45, 7) is -2.19. The molecule has 10 nitrogen and oxygen atoms in total. The van der Waals surface area contributed by atoms with Crippen LogP contribution in [0.3, 0.4) is 0 Å². The van der Waals surface area contributed by atoms with Crippen molar-refractivity contribution in [1.82, 2.24) is 26.1 Å². The number of thiazole rings is 1. The molecule has 0 spiro atoms. The number of urea groups is 1. The summed E-state index contributed by atoms with van der Waals surface area (Å²) in [5.74, 6) is -0.687. The third-order valence-corrected chi connectivity index (χ3v) is 6.49. The van der Waals surface area contributed by atoms with Gasteiger partial charge >= 0.3 is 12.6 Å². The first-order chi connectivity index (χ1) is 15.9. The van der Waals surface area contributed by atoms with Crippen molar-refractivity contribution in [3.63, 3.8) is 0 Å². The molecule has 3 heterocycles. The Morgan fingerprint density at radius 1 is 1.33 bits per heavy atom. The minimum Gasteiger partial charge on any atom is -0.435 e. The number of carbonyl (C=O) groups is 2. The van der Waals surface area contributed by atoms with Crippen LogP contribution in [0.4, 0.5) is 18.7 Å². The average molecular weight is 499 g/mol. The van der Waals surface area contributed by atoms with E-state index in [9.17, 15) is 18.4 Å². The Kier molecular flexibility index (Phi) is 6.85. The highest BCUT2D eigenvalue weighted by molar-refractivity contribution is 7.80. The van der Waals surface area contributed by atoms with Crippen molar-refractivity contribution in [2.75, 3.05) is 25.6 Å². The van der Waals surface area contributed by atoms with Crippen LogP contribution in [0.15, 0.2) is 24.3 Å². The molecule has 1 aromatic carbocycles. The van der Waals surface area contributed by atoms with Gasteiger partial charge in [-0.05, 0) is 30.4 Å². The van der Waals surface area contributed by atoms with Crippen LogP contribution in [0.2, 0.25) is 0 Å². The van der Waals surface area contributed by atoms with E-state index < -0.39 is 12.5 Å². The summed E-state index contributed by atoms with van der Waals surface area (Å²) in [7, 11) is 1.52. The zero-order chi connectivity index (χ0) is 23.5. The van der Waals surface area contributed by atoms with Gasteiger partial charge < -0.3 is 19.7 Å². The fraction of sp³-hybridized carbons (Fsp3) is 0.368. The number of hydrogen-bond acceptors (Lipinski definition) is 7. The van der Waals surface area contributed by atoms with Crippen LogP contribution in [0, 0.1) is 0 Å². The molecule has 14 heteroatoms. The van der Waals surface area contributed by atoms with Crippen molar-refractivity contribution < 1.29 is 27.8 Å². The highest BCUT2D eigenvalue weighted by atomic mass is 32.1. The number of rotatable bonds is 4. The maximum atomic E-state index is 12.5. The zero-order valence-corrected chi connectivity index (χ0v) is 18.9. The molecule has 2 aliphatic heterocycles. The maximum Gasteiger partial charge on any atom is 0.387 e. The van der Waals surface area contributed by atoms with E-state index in [0.717, 1.165) is 10.6 Å². The number of fused-ring (bicyclic) bond motifs is 4. The topological polar surface area (TPSA) is 117 Å². The molecule has 1 saturated heterocycles. The molecule has 2 aromatic rings. The van der Waals surface area contributed by atoms with Crippen LogP contribution < -0.4 is 26.2 Å². The number of carbonyl (C=O) groups excluding carboxylic acids is 2. The minimum absolute atomic E-state index is 0.106. The van der Waals surface area contributed by atoms with E-state index in [4.69, 9.17) is 17.0 Å². The number of thiocarbonyl (C=S) groups is 1. The lowest BCUT2D eigenvalue weighted by molar-refractivity contribution is -0.0498. The quantitative estimate of drug-likeness (QED) is 0.374. The minimum atomic E-state index is -2.99. The Morgan fingerprint density at radius 3 is 2.91 bits per heavy atom. The molecule has 2 bridgehead atoms. The first-order valence-corrected chi connectivity index (χ1v) is 11.1. The Labute approximate surface area is 196 Å². The molecule has 33 heavy (non-hydrogen) atoms. The molecule has 176 valence electrons. The van der Waals surface area contributed by atoms with Crippen molar-refractivity contribution in [3.05, 3.63) is 40.4 Å². The third-order valence-electron chi connectivity index (χ3n) is 5.06. The molecular formula is C19H20F2N6O4S2. The smallest absolute Gasteiger partial charge is 0.387 e. The van der Waals surface area contributed by atoms with Crippen molar-refractivity contribution in [2.45, 2.75) is 25.1 Å². The number of nitrogens with one attached hydrogen (secondary N) is 4. The molecule has 3 amide bonds. The lowest BCUT2D eigenvalue weighted by atomic mass is 9.97. The fourth-order valence-corrected chi connectivity index (χ4v) is 5.06. The van der Waals surface area contributed by atoms with Gasteiger partial charge in [0.15, 0.2) is 10.2 Å². The number of hydrogen-bond donors (Lipinski definition) is 4. The van der Waals surface area contributed by atoms with E-state index in [1.165, 1.54) is 42.6 Å². The van der Waals surface area contributed by atoms with Gasteiger partial charge in [-0.15, -0.1) is 0 Å². The van der Waals surface area contributed by atoms with Crippen molar-refractivity contribution in [2.24, 2.45) is 0 Å². The van der Waals surface area contributed by atoms with Crippen molar-refractivity contribution in [3.8, 4) is 5.75 Å². The number of aromatic nitrogens is 1. The zero-order valence-electron chi connectivity index (χ0n) is 17.3. The normalized spacial score (nSPS) is 18.8. The Hall–Kier alpha value is -3.10. The van der Waals surface area contributed by atoms with Crippen LogP contribution in [-0.2, 0) is 11.2 Å². The predicted molar refractivity (Wildman–Crippen MR) is 119 cm³/mol. The first kappa shape index (κ1) is 23.1. The molecule has 0 radical (unpaired) electrons. The van der Waals surface area contributed by atoms with E-state index >= 15 is 0 Å². The van der Waals surface area contributed by atoms with Gasteiger partial charge in [0.1, 0.15) is 5.75 Å². The lowest BCUT2D eigenvalue weighted by Crippen LogP contribution is -2.59. The van der Waals surface area contributed by atoms with Gasteiger partial charge in [0, 0.05) is 19.0 Å². The Balaban J connectivity index is 1.43. The summed E-state index contributed by atoms with van der Waals surface area (Å²) < 4.78 is 34.9. The standard InChI is InChI=1S/C19H20F2N6O4S2/c1-22-17(29)24-18-23-12-6-10-7-30-8-13(14(12)33-18)27(10)19(32)26-25-15(28)9-3-2-4-11(5-9)31-16(20)21/h2-5,10,13,16H,6-8H2,1H3,(H,25,28)(H,26,32)(H2,22,23,24,29)/t10-,13-/m0/s1. The number of hydrazine groups is 1. The molecule has 4 rings (SSSR count). The number of morpholine rings is 1. The molecule has 1 aromatic heterocycles. The van der Waals surface area contributed by atoms with Crippen LogP contribution in [0.1, 0.15) is 27.0 Å². The predicted octanol–water partition coefficient (Wildman–Crippen LogP) is 2.01. The van der Waals surface area contributed by atoms with Gasteiger partial charge in [0.25, 0.3) is 5.91 Å². The number of anilines is 1. The molecule has 2 aliphatic rings. The molecule has 0 saturated carbocycles. The van der Waals surface area contributed by atoms with Gasteiger partial charge in [0.2, 0.25) is 0 Å². The van der Waals surface area contributed by atoms with Gasteiger partial charge in [-0.3, -0.25) is 21.0 Å². The van der Waals surface area contributed by atoms with Gasteiger partial charge in [-0.1, -0.05) is 17.4 Å². The second-order valence-corrected chi connectivity index (χ2v) is 8.56. The van der Waals surface area contributed by atoms with E-state index in [2.05, 4.69) is 31.2 Å². The third kappa shape index (κ3) is 5.12. The SMILES string of the molecule is CNC(=O)Nc1nc2c(s1)[C@@H]1COC[C@H](C2)N1C(=S)NNC(=O)c1cccc(OC(F)F)c1. The summed E-state index contributed by atoms with van der Waals surface area (Å²) >= 11 is 6.87. The monoisotopic (exact) mass is 498 g/mol. The van der Waals surface area contributed by atoms with Gasteiger partial charge in [0.05, 0.1) is 35.9 Å². The molecule has 1 fully saturated rings. The number of ether oxygens (including phenoxy) is 2. The molecule has 0 unspecified atom stereocenters. The van der Waals surface area contributed by atoms with E-state index in [1.54, 1.807) is 0 Å². The second-order valence-electron chi connectivity index (χ2n) is 7.14. The summed E-state index contributed by atoms with van der Waals surface area (Å²) in [5.41, 5.74) is 6.24. The number of nitrogens with zero attached hydrogens (tertiary/aromatic N) is 2. The highest BCUT2D eigenvalue weighted by Gasteiger charge is 2.42. The number of halogens is 2. The summed E-state index contributed by atoms with van der Waals surface area (Å²) in [6.07, 6.45) is 0.556. The summed E-state index contributed by atoms with van der Waals surface area (Å²) in [4.78, 5) is 31.5. The maximum absolute atomic E-state index is 12.5. The van der Waals surface area contributed by atoms with Gasteiger partial charge in [-0.2, -0.15) is 8.78 Å². The number of amides is 3. The fourth-order valence-electron chi connectivity index (χ4n) is 3.66. The van der Waals surface area contributed by atoms with Crippen LogP contribution in [0.5, 0.6) is 5.75 Å². The van der Waals surface area contributed by atoms with E-state index in [-0.39, 0.29) is 34.5 Å². The average Bonchev–Trinajstić information content (AvgIpc) is 3.18. The van der Waals surface area contributed by atoms with Crippen molar-refractivity contribution in [1.29, 1.82) is 0 Å². The van der Waals surface area contributed by atoms with E-state index in [1.807, 2.05) is 4.90 Å². The molecular weight excluding hydrogens is 478 g/mol. The largest absolute Gasteiger partial charge is 0.435 e. The first-order valence-electron chi connectivity index (χ1n) is 9.85. The van der Waals surface area contributed by atoms with Crippen LogP contribution >= 0.6 is 23.6 Å². The molecule has 0 aliphatic carbocycles. The molecule has 4 N–H and O–H groups in total. The van der Waals surface area contributed by atoms with Crippen LogP contribution in [-0.4, -0.2) is 59.8 Å². The number of alkyl halides is 2. The van der Waals surface area contributed by atoms with Crippen LogP contribution in [0.25, 0.3) is 0 Å². The van der Waals surface area contributed by atoms with Crippen molar-refractivity contribution >= 4 is 45.7 Å². The highest BCUT2D eigenvalue weighted by Crippen LogP contribution is 2.41. The summed E-state index contributed by atoms with van der Waals surface area (Å²) in [5, 5.41) is 5.92. The van der Waals surface area contributed by atoms with E-state index in [0.29, 0.717) is 24.8 Å². The Bertz CT molecular complexity index is 1070.